The number of ether oxygens (including phenoxy) is 1. The van der Waals surface area contributed by atoms with Gasteiger partial charge in [-0.1, -0.05) is 26.2 Å². The van der Waals surface area contributed by atoms with E-state index in [4.69, 9.17) is 14.1 Å². The Hall–Kier alpha value is -2.39. The molecule has 2 fully saturated rings. The summed E-state index contributed by atoms with van der Waals surface area (Å²) in [6.07, 6.45) is 10.7. The van der Waals surface area contributed by atoms with E-state index in [0.29, 0.717) is 6.54 Å². The van der Waals surface area contributed by atoms with Crippen LogP contribution in [0.15, 0.2) is 34.1 Å². The van der Waals surface area contributed by atoms with Gasteiger partial charge < -0.3 is 24.4 Å². The van der Waals surface area contributed by atoms with Gasteiger partial charge in [-0.15, -0.1) is 10.2 Å². The van der Waals surface area contributed by atoms with Crippen LogP contribution in [0.5, 0.6) is 0 Å². The van der Waals surface area contributed by atoms with E-state index in [1.165, 1.54) is 32.1 Å². The van der Waals surface area contributed by atoms with Crippen LogP contribution in [0, 0.1) is 0 Å². The van der Waals surface area contributed by atoms with Crippen molar-refractivity contribution in [3.63, 3.8) is 0 Å². The van der Waals surface area contributed by atoms with E-state index in [2.05, 4.69) is 37.2 Å². The maximum atomic E-state index is 5.63. The van der Waals surface area contributed by atoms with Crippen LogP contribution in [-0.4, -0.2) is 70.6 Å². The summed E-state index contributed by atoms with van der Waals surface area (Å²) >= 11 is 0. The molecular formula is C23H37N7O2. The van der Waals surface area contributed by atoms with E-state index in [0.717, 1.165) is 69.9 Å². The molecule has 0 aromatic carbocycles. The lowest BCUT2D eigenvalue weighted by Crippen LogP contribution is -2.60. The van der Waals surface area contributed by atoms with E-state index in [1.807, 2.05) is 12.1 Å². The normalized spacial score (nSPS) is 19.7. The zero-order valence-electron chi connectivity index (χ0n) is 19.3. The monoisotopic (exact) mass is 443 g/mol. The van der Waals surface area contributed by atoms with Gasteiger partial charge in [0.15, 0.2) is 5.96 Å². The molecule has 0 bridgehead atoms. The molecule has 1 saturated heterocycles. The van der Waals surface area contributed by atoms with Crippen LogP contribution in [0.25, 0.3) is 0 Å². The van der Waals surface area contributed by atoms with Crippen molar-refractivity contribution in [2.75, 3.05) is 39.4 Å². The van der Waals surface area contributed by atoms with E-state index in [9.17, 15) is 0 Å². The molecule has 4 rings (SSSR count). The molecule has 2 aromatic heterocycles. The van der Waals surface area contributed by atoms with E-state index in [-0.39, 0.29) is 5.54 Å². The van der Waals surface area contributed by atoms with Crippen LogP contribution < -0.4 is 10.6 Å². The third-order valence-corrected chi connectivity index (χ3v) is 6.68. The van der Waals surface area contributed by atoms with Crippen LogP contribution in [0.4, 0.5) is 0 Å². The predicted molar refractivity (Wildman–Crippen MR) is 123 cm³/mol. The van der Waals surface area contributed by atoms with Crippen molar-refractivity contribution >= 4 is 5.96 Å². The van der Waals surface area contributed by atoms with Crippen LogP contribution in [-0.2, 0) is 24.2 Å². The Morgan fingerprint density at radius 3 is 2.78 bits per heavy atom. The van der Waals surface area contributed by atoms with Gasteiger partial charge in [-0.3, -0.25) is 4.90 Å². The second-order valence-electron chi connectivity index (χ2n) is 8.70. The van der Waals surface area contributed by atoms with Gasteiger partial charge in [0, 0.05) is 44.7 Å². The third-order valence-electron chi connectivity index (χ3n) is 6.68. The minimum absolute atomic E-state index is 0.179. The number of morpholine rings is 1. The molecule has 9 nitrogen and oxygen atoms in total. The highest BCUT2D eigenvalue weighted by molar-refractivity contribution is 5.79. The van der Waals surface area contributed by atoms with Gasteiger partial charge in [-0.2, -0.15) is 0 Å². The highest BCUT2D eigenvalue weighted by atomic mass is 16.5. The average molecular weight is 444 g/mol. The third kappa shape index (κ3) is 5.89. The number of hydrogen-bond donors (Lipinski definition) is 2. The summed E-state index contributed by atoms with van der Waals surface area (Å²) in [4.78, 5) is 7.46. The van der Waals surface area contributed by atoms with Crippen molar-refractivity contribution in [3.05, 3.63) is 36.3 Å². The summed E-state index contributed by atoms with van der Waals surface area (Å²) in [5.41, 5.74) is 0.179. The number of guanidine groups is 1. The zero-order valence-corrected chi connectivity index (χ0v) is 19.3. The first kappa shape index (κ1) is 22.8. The first-order chi connectivity index (χ1) is 15.8. The lowest BCUT2D eigenvalue weighted by atomic mass is 9.80. The Kier molecular flexibility index (Phi) is 8.17. The molecular weight excluding hydrogens is 406 g/mol. The number of aliphatic imine (C=N–C) groups is 1. The van der Waals surface area contributed by atoms with Crippen LogP contribution in [0.3, 0.4) is 0 Å². The van der Waals surface area contributed by atoms with E-state index < -0.39 is 0 Å². The van der Waals surface area contributed by atoms with Gasteiger partial charge in [0.05, 0.1) is 19.5 Å². The summed E-state index contributed by atoms with van der Waals surface area (Å²) in [5, 5.41) is 15.4. The van der Waals surface area contributed by atoms with Crippen LogP contribution in [0.2, 0.25) is 0 Å². The summed E-state index contributed by atoms with van der Waals surface area (Å²) in [6.45, 7) is 8.75. The second-order valence-corrected chi connectivity index (χ2v) is 8.70. The fraction of sp³-hybridized carbons (Fsp3) is 0.696. The number of aromatic nitrogens is 3. The topological polar surface area (TPSA) is 92.7 Å². The molecule has 1 aliphatic carbocycles. The van der Waals surface area contributed by atoms with Crippen LogP contribution >= 0.6 is 0 Å². The van der Waals surface area contributed by atoms with Crippen molar-refractivity contribution in [2.24, 2.45) is 4.99 Å². The van der Waals surface area contributed by atoms with E-state index in [1.54, 1.807) is 12.6 Å². The molecule has 0 spiro atoms. The largest absolute Gasteiger partial charge is 0.467 e. The SMILES string of the molecule is CCc1nncn1CCNC(=NCc1ccco1)NCC1(N2CCOCC2)CCCCC1. The van der Waals surface area contributed by atoms with Gasteiger partial charge in [-0.25, -0.2) is 4.99 Å². The number of furan rings is 1. The van der Waals surface area contributed by atoms with Gasteiger partial charge in [0.2, 0.25) is 0 Å². The minimum Gasteiger partial charge on any atom is -0.467 e. The Morgan fingerprint density at radius 1 is 1.19 bits per heavy atom. The predicted octanol–water partition coefficient (Wildman–Crippen LogP) is 2.20. The van der Waals surface area contributed by atoms with Crippen molar-refractivity contribution in [1.29, 1.82) is 0 Å². The van der Waals surface area contributed by atoms with Crippen molar-refractivity contribution in [1.82, 2.24) is 30.3 Å². The maximum absolute atomic E-state index is 5.63. The average Bonchev–Trinajstić information content (AvgIpc) is 3.53. The fourth-order valence-electron chi connectivity index (χ4n) is 4.87. The maximum Gasteiger partial charge on any atom is 0.191 e. The molecule has 3 heterocycles. The molecule has 1 saturated carbocycles. The van der Waals surface area contributed by atoms with Gasteiger partial charge in [0.1, 0.15) is 24.5 Å². The summed E-state index contributed by atoms with van der Waals surface area (Å²) < 4.78 is 13.2. The summed E-state index contributed by atoms with van der Waals surface area (Å²) in [6, 6.07) is 3.86. The molecule has 0 amide bonds. The zero-order chi connectivity index (χ0) is 22.1. The first-order valence-electron chi connectivity index (χ1n) is 12.0. The number of rotatable bonds is 9. The standard InChI is InChI=1S/C23H37N7O2/c1-2-21-28-27-19-29(21)11-10-24-22(25-17-20-7-6-14-32-20)26-18-23(8-4-3-5-9-23)30-12-15-31-16-13-30/h6-7,14,19H,2-5,8-13,15-18H2,1H3,(H2,24,25,26). The lowest BCUT2D eigenvalue weighted by Gasteiger charge is -2.48. The molecule has 2 aliphatic rings. The molecule has 2 N–H and O–H groups in total. The number of aryl methyl sites for hydroxylation is 1. The summed E-state index contributed by atoms with van der Waals surface area (Å²) in [7, 11) is 0. The Balaban J connectivity index is 1.40. The fourth-order valence-corrected chi connectivity index (χ4v) is 4.87. The van der Waals surface area contributed by atoms with E-state index >= 15 is 0 Å². The lowest BCUT2D eigenvalue weighted by molar-refractivity contribution is -0.0352. The van der Waals surface area contributed by atoms with Gasteiger partial charge in [0.25, 0.3) is 0 Å². The van der Waals surface area contributed by atoms with Gasteiger partial charge >= 0.3 is 0 Å². The number of nitrogens with one attached hydrogen (secondary N) is 2. The van der Waals surface area contributed by atoms with Gasteiger partial charge in [-0.05, 0) is 25.0 Å². The smallest absolute Gasteiger partial charge is 0.191 e. The molecule has 176 valence electrons. The Morgan fingerprint density at radius 2 is 2.03 bits per heavy atom. The number of nitrogens with zero attached hydrogens (tertiary/aromatic N) is 5. The molecule has 0 unspecified atom stereocenters. The Bertz CT molecular complexity index is 821. The molecule has 1 aliphatic heterocycles. The molecule has 9 heteroatoms. The van der Waals surface area contributed by atoms with Crippen molar-refractivity contribution in [3.8, 4) is 0 Å². The molecule has 32 heavy (non-hydrogen) atoms. The van der Waals surface area contributed by atoms with Crippen LogP contribution in [0.1, 0.15) is 50.6 Å². The molecule has 2 aromatic rings. The second kappa shape index (κ2) is 11.5. The van der Waals surface area contributed by atoms with Crippen molar-refractivity contribution < 1.29 is 9.15 Å². The molecule has 0 radical (unpaired) electrons. The highest BCUT2D eigenvalue weighted by Crippen LogP contribution is 2.33. The van der Waals surface area contributed by atoms with Crippen molar-refractivity contribution in [2.45, 2.75) is 64.1 Å². The minimum atomic E-state index is 0.179. The number of hydrogen-bond acceptors (Lipinski definition) is 6. The Labute approximate surface area is 190 Å². The quantitative estimate of drug-likeness (QED) is 0.453. The summed E-state index contributed by atoms with van der Waals surface area (Å²) in [5.74, 6) is 2.69. The first-order valence-corrected chi connectivity index (χ1v) is 12.0. The highest BCUT2D eigenvalue weighted by Gasteiger charge is 2.38. The molecule has 0 atom stereocenters.